The highest BCUT2D eigenvalue weighted by Crippen LogP contribution is 2.18. The van der Waals surface area contributed by atoms with Crippen molar-refractivity contribution in [2.75, 3.05) is 19.7 Å². The lowest BCUT2D eigenvalue weighted by Gasteiger charge is -2.33. The predicted octanol–water partition coefficient (Wildman–Crippen LogP) is 0.588. The quantitative estimate of drug-likeness (QED) is 0.714. The Kier molecular flexibility index (Phi) is 6.11. The number of esters is 1. The lowest BCUT2D eigenvalue weighted by atomic mass is 10.0. The van der Waals surface area contributed by atoms with E-state index in [1.54, 1.807) is 6.92 Å². The molecule has 1 fully saturated rings. The molecule has 1 heterocycles. The molecule has 7 heteroatoms. The van der Waals surface area contributed by atoms with Crippen molar-refractivity contribution in [3.05, 3.63) is 0 Å². The van der Waals surface area contributed by atoms with Gasteiger partial charge in [-0.25, -0.2) is 9.59 Å². The fraction of sp³-hybridized carbons (Fsp3) is 0.750. The summed E-state index contributed by atoms with van der Waals surface area (Å²) in [6, 6.07) is -0.961. The first-order valence-corrected chi connectivity index (χ1v) is 6.49. The number of ether oxygens (including phenoxy) is 1. The van der Waals surface area contributed by atoms with Crippen molar-refractivity contribution in [1.82, 2.24) is 10.2 Å². The molecule has 0 aromatic heterocycles. The van der Waals surface area contributed by atoms with Gasteiger partial charge in [-0.05, 0) is 26.2 Å². The number of carbonyl (C=O) groups is 3. The van der Waals surface area contributed by atoms with Crippen LogP contribution in [0.4, 0.5) is 4.79 Å². The fourth-order valence-corrected chi connectivity index (χ4v) is 2.04. The Morgan fingerprint density at radius 3 is 2.74 bits per heavy atom. The number of amides is 2. The number of aliphatic carboxylic acids is 1. The van der Waals surface area contributed by atoms with Gasteiger partial charge in [-0.2, -0.15) is 0 Å². The molecule has 0 aromatic carbocycles. The minimum absolute atomic E-state index is 0.0558. The molecule has 1 unspecified atom stereocenters. The van der Waals surface area contributed by atoms with Crippen molar-refractivity contribution in [3.63, 3.8) is 0 Å². The number of carboxylic acid groups (broad SMARTS) is 1. The number of rotatable bonds is 5. The summed E-state index contributed by atoms with van der Waals surface area (Å²) in [6.07, 6.45) is 2.17. The second-order valence-corrected chi connectivity index (χ2v) is 4.33. The van der Waals surface area contributed by atoms with Gasteiger partial charge in [0, 0.05) is 13.1 Å². The van der Waals surface area contributed by atoms with Gasteiger partial charge in [-0.3, -0.25) is 4.79 Å². The number of nitrogens with zero attached hydrogens (tertiary/aromatic N) is 1. The number of hydrogen-bond donors (Lipinski definition) is 2. The predicted molar refractivity (Wildman–Crippen MR) is 66.6 cm³/mol. The summed E-state index contributed by atoms with van der Waals surface area (Å²) in [7, 11) is 0. The Hall–Kier alpha value is -1.79. The normalized spacial score (nSPS) is 18.8. The standard InChI is InChI=1S/C12H20N2O5/c1-2-19-11(17)9-5-3-4-8-14(9)12(18)13-7-6-10(15)16/h9H,2-8H2,1H3,(H,13,18)(H,15,16). The van der Waals surface area contributed by atoms with Gasteiger partial charge in [0.2, 0.25) is 0 Å². The van der Waals surface area contributed by atoms with E-state index in [2.05, 4.69) is 5.32 Å². The van der Waals surface area contributed by atoms with Crippen molar-refractivity contribution in [1.29, 1.82) is 0 Å². The second kappa shape index (κ2) is 7.60. The van der Waals surface area contributed by atoms with Gasteiger partial charge in [0.05, 0.1) is 13.0 Å². The lowest BCUT2D eigenvalue weighted by molar-refractivity contribution is -0.149. The van der Waals surface area contributed by atoms with E-state index in [0.29, 0.717) is 13.0 Å². The Morgan fingerprint density at radius 2 is 2.11 bits per heavy atom. The molecule has 1 aliphatic heterocycles. The summed E-state index contributed by atoms with van der Waals surface area (Å²) in [5.74, 6) is -1.36. The summed E-state index contributed by atoms with van der Waals surface area (Å²) in [5, 5.41) is 11.0. The number of hydrogen-bond acceptors (Lipinski definition) is 4. The van der Waals surface area contributed by atoms with Gasteiger partial charge >= 0.3 is 18.0 Å². The van der Waals surface area contributed by atoms with Gasteiger partial charge in [-0.15, -0.1) is 0 Å². The number of nitrogens with one attached hydrogen (secondary N) is 1. The number of carbonyl (C=O) groups excluding carboxylic acids is 2. The number of likely N-dealkylation sites (tertiary alicyclic amines) is 1. The first-order valence-electron chi connectivity index (χ1n) is 6.49. The molecule has 0 bridgehead atoms. The fourth-order valence-electron chi connectivity index (χ4n) is 2.04. The summed E-state index contributed by atoms with van der Waals surface area (Å²) in [6.45, 7) is 2.55. The van der Waals surface area contributed by atoms with E-state index < -0.39 is 24.0 Å². The SMILES string of the molecule is CCOC(=O)C1CCCCN1C(=O)NCCC(=O)O. The lowest BCUT2D eigenvalue weighted by Crippen LogP contribution is -2.52. The average Bonchev–Trinajstić information content (AvgIpc) is 2.38. The van der Waals surface area contributed by atoms with Gasteiger partial charge in [0.15, 0.2) is 0 Å². The molecule has 0 aromatic rings. The number of urea groups is 1. The number of carboxylic acids is 1. The average molecular weight is 272 g/mol. The van der Waals surface area contributed by atoms with Crippen LogP contribution in [-0.2, 0) is 14.3 Å². The van der Waals surface area contributed by atoms with E-state index >= 15 is 0 Å². The topological polar surface area (TPSA) is 95.9 Å². The van der Waals surface area contributed by atoms with Crippen LogP contribution in [0, 0.1) is 0 Å². The highest BCUT2D eigenvalue weighted by atomic mass is 16.5. The van der Waals surface area contributed by atoms with E-state index in [-0.39, 0.29) is 19.6 Å². The largest absolute Gasteiger partial charge is 0.481 e. The van der Waals surface area contributed by atoms with E-state index in [1.807, 2.05) is 0 Å². The van der Waals surface area contributed by atoms with Crippen LogP contribution in [0.1, 0.15) is 32.6 Å². The third-order valence-electron chi connectivity index (χ3n) is 2.94. The van der Waals surface area contributed by atoms with Crippen molar-refractivity contribution in [2.45, 2.75) is 38.6 Å². The van der Waals surface area contributed by atoms with Crippen molar-refractivity contribution >= 4 is 18.0 Å². The van der Waals surface area contributed by atoms with Crippen LogP contribution in [0.5, 0.6) is 0 Å². The maximum absolute atomic E-state index is 11.9. The molecular formula is C12H20N2O5. The van der Waals surface area contributed by atoms with Crippen LogP contribution < -0.4 is 5.32 Å². The summed E-state index contributed by atoms with van der Waals surface area (Å²) in [5.41, 5.74) is 0. The summed E-state index contributed by atoms with van der Waals surface area (Å²) >= 11 is 0. The molecule has 0 aliphatic carbocycles. The van der Waals surface area contributed by atoms with Crippen molar-refractivity contribution < 1.29 is 24.2 Å². The summed E-state index contributed by atoms with van der Waals surface area (Å²) in [4.78, 5) is 35.5. The monoisotopic (exact) mass is 272 g/mol. The van der Waals surface area contributed by atoms with Gasteiger partial charge in [-0.1, -0.05) is 0 Å². The van der Waals surface area contributed by atoms with Gasteiger partial charge in [0.1, 0.15) is 6.04 Å². The number of piperidine rings is 1. The first-order chi connectivity index (χ1) is 9.06. The first kappa shape index (κ1) is 15.3. The molecule has 0 radical (unpaired) electrons. The van der Waals surface area contributed by atoms with E-state index in [1.165, 1.54) is 4.90 Å². The van der Waals surface area contributed by atoms with Gasteiger partial charge < -0.3 is 20.1 Å². The highest BCUT2D eigenvalue weighted by Gasteiger charge is 2.32. The molecular weight excluding hydrogens is 252 g/mol. The molecule has 1 saturated heterocycles. The minimum Gasteiger partial charge on any atom is -0.481 e. The molecule has 0 saturated carbocycles. The van der Waals surface area contributed by atoms with Gasteiger partial charge in [0.25, 0.3) is 0 Å². The third kappa shape index (κ3) is 4.76. The second-order valence-electron chi connectivity index (χ2n) is 4.33. The van der Waals surface area contributed by atoms with Crippen LogP contribution in [-0.4, -0.2) is 53.7 Å². The van der Waals surface area contributed by atoms with E-state index in [0.717, 1.165) is 12.8 Å². The molecule has 1 aliphatic rings. The van der Waals surface area contributed by atoms with Crippen molar-refractivity contribution in [2.24, 2.45) is 0 Å². The molecule has 2 N–H and O–H groups in total. The van der Waals surface area contributed by atoms with Crippen LogP contribution in [0.3, 0.4) is 0 Å². The molecule has 2 amide bonds. The molecule has 19 heavy (non-hydrogen) atoms. The Morgan fingerprint density at radius 1 is 1.37 bits per heavy atom. The Labute approximate surface area is 111 Å². The smallest absolute Gasteiger partial charge is 0.328 e. The molecule has 108 valence electrons. The Balaban J connectivity index is 2.53. The highest BCUT2D eigenvalue weighted by molar-refractivity contribution is 5.84. The van der Waals surface area contributed by atoms with Crippen LogP contribution in [0.2, 0.25) is 0 Å². The molecule has 0 spiro atoms. The zero-order valence-electron chi connectivity index (χ0n) is 11.1. The van der Waals surface area contributed by atoms with Crippen LogP contribution in [0.25, 0.3) is 0 Å². The maximum Gasteiger partial charge on any atom is 0.328 e. The summed E-state index contributed by atoms with van der Waals surface area (Å²) < 4.78 is 4.95. The minimum atomic E-state index is -0.971. The van der Waals surface area contributed by atoms with E-state index in [9.17, 15) is 14.4 Å². The molecule has 7 nitrogen and oxygen atoms in total. The zero-order chi connectivity index (χ0) is 14.3. The Bertz CT molecular complexity index is 345. The maximum atomic E-state index is 11.9. The third-order valence-corrected chi connectivity index (χ3v) is 2.94. The van der Waals surface area contributed by atoms with Crippen molar-refractivity contribution in [3.8, 4) is 0 Å². The molecule has 1 rings (SSSR count). The van der Waals surface area contributed by atoms with E-state index in [4.69, 9.17) is 9.84 Å². The van der Waals surface area contributed by atoms with Crippen LogP contribution >= 0.6 is 0 Å². The zero-order valence-corrected chi connectivity index (χ0v) is 11.1. The molecule has 1 atom stereocenters. The van der Waals surface area contributed by atoms with Crippen LogP contribution in [0.15, 0.2) is 0 Å².